The molecule has 0 bridgehead atoms. The number of carboxylic acid groups (broad SMARTS) is 1. The zero-order chi connectivity index (χ0) is 17.5. The number of nitrogens with zero attached hydrogens (tertiary/aromatic N) is 1. The van der Waals surface area contributed by atoms with Crippen LogP contribution in [0.2, 0.25) is 10.0 Å². The third-order valence-electron chi connectivity index (χ3n) is 5.03. The van der Waals surface area contributed by atoms with Gasteiger partial charge in [0.25, 0.3) is 0 Å². The lowest BCUT2D eigenvalue weighted by Crippen LogP contribution is -2.40. The van der Waals surface area contributed by atoms with Crippen LogP contribution in [0.1, 0.15) is 24.3 Å². The molecule has 1 aliphatic carbocycles. The first-order valence-corrected chi connectivity index (χ1v) is 8.60. The molecule has 130 valence electrons. The topological polar surface area (TPSA) is 66.8 Å². The van der Waals surface area contributed by atoms with Gasteiger partial charge in [0.05, 0.1) is 16.7 Å². The number of benzene rings is 1. The molecule has 2 fully saturated rings. The molecule has 2 aliphatic rings. The van der Waals surface area contributed by atoms with Crippen molar-refractivity contribution in [3.8, 4) is 0 Å². The maximum absolute atomic E-state index is 12.7. The highest BCUT2D eigenvalue weighted by Gasteiger charge is 2.52. The van der Waals surface area contributed by atoms with Gasteiger partial charge in [0, 0.05) is 26.1 Å². The van der Waals surface area contributed by atoms with Crippen molar-refractivity contribution in [2.75, 3.05) is 26.8 Å². The lowest BCUT2D eigenvalue weighted by molar-refractivity contribution is -0.151. The van der Waals surface area contributed by atoms with Gasteiger partial charge in [-0.1, -0.05) is 35.3 Å². The molecule has 1 amide bonds. The number of hydrogen-bond donors (Lipinski definition) is 1. The van der Waals surface area contributed by atoms with Crippen LogP contribution < -0.4 is 0 Å². The van der Waals surface area contributed by atoms with E-state index in [0.29, 0.717) is 23.0 Å². The van der Waals surface area contributed by atoms with E-state index < -0.39 is 11.4 Å². The summed E-state index contributed by atoms with van der Waals surface area (Å²) >= 11 is 12.3. The Labute approximate surface area is 150 Å². The number of likely N-dealkylation sites (tertiary alicyclic amines) is 1. The van der Waals surface area contributed by atoms with E-state index >= 15 is 0 Å². The lowest BCUT2D eigenvalue weighted by Gasteiger charge is -2.24. The molecule has 1 aliphatic heterocycles. The van der Waals surface area contributed by atoms with Crippen LogP contribution in [0, 0.1) is 11.3 Å². The number of carbonyl (C=O) groups excluding carboxylic acids is 1. The van der Waals surface area contributed by atoms with E-state index in [1.807, 2.05) is 12.1 Å². The van der Waals surface area contributed by atoms with Crippen molar-refractivity contribution >= 4 is 35.1 Å². The minimum Gasteiger partial charge on any atom is -0.481 e. The second-order valence-electron chi connectivity index (χ2n) is 6.62. The Morgan fingerprint density at radius 3 is 2.83 bits per heavy atom. The second kappa shape index (κ2) is 6.54. The van der Waals surface area contributed by atoms with Gasteiger partial charge in [-0.25, -0.2) is 0 Å². The number of hydrogen-bond acceptors (Lipinski definition) is 3. The monoisotopic (exact) mass is 371 g/mol. The van der Waals surface area contributed by atoms with Crippen molar-refractivity contribution in [3.05, 3.63) is 33.8 Å². The summed E-state index contributed by atoms with van der Waals surface area (Å²) in [5.74, 6) is -1.00. The number of ether oxygens (including phenoxy) is 1. The number of aliphatic carboxylic acids is 1. The maximum Gasteiger partial charge on any atom is 0.313 e. The fourth-order valence-corrected chi connectivity index (χ4v) is 3.99. The molecule has 3 unspecified atom stereocenters. The predicted octanol–water partition coefficient (Wildman–Crippen LogP) is 3.05. The molecule has 5 nitrogen and oxygen atoms in total. The average molecular weight is 372 g/mol. The fraction of sp³-hybridized carbons (Fsp3) is 0.529. The van der Waals surface area contributed by atoms with Gasteiger partial charge < -0.3 is 14.7 Å². The van der Waals surface area contributed by atoms with Gasteiger partial charge in [0.15, 0.2) is 0 Å². The van der Waals surface area contributed by atoms with Crippen molar-refractivity contribution < 1.29 is 19.4 Å². The van der Waals surface area contributed by atoms with Gasteiger partial charge >= 0.3 is 5.97 Å². The Balaban J connectivity index is 1.69. The summed E-state index contributed by atoms with van der Waals surface area (Å²) in [4.78, 5) is 26.0. The van der Waals surface area contributed by atoms with Crippen molar-refractivity contribution in [2.45, 2.75) is 18.8 Å². The zero-order valence-electron chi connectivity index (χ0n) is 13.3. The Hall–Kier alpha value is -1.30. The van der Waals surface area contributed by atoms with Gasteiger partial charge in [-0.3, -0.25) is 9.59 Å². The second-order valence-corrected chi connectivity index (χ2v) is 7.41. The molecule has 1 heterocycles. The van der Waals surface area contributed by atoms with Gasteiger partial charge in [-0.05, 0) is 30.4 Å². The smallest absolute Gasteiger partial charge is 0.313 e. The minimum absolute atomic E-state index is 0.00438. The summed E-state index contributed by atoms with van der Waals surface area (Å²) < 4.78 is 5.06. The molecular formula is C17H19Cl2NO4. The van der Waals surface area contributed by atoms with Crippen molar-refractivity contribution in [1.29, 1.82) is 0 Å². The number of halogens is 2. The van der Waals surface area contributed by atoms with E-state index in [9.17, 15) is 14.7 Å². The number of carboxylic acids is 1. The Kier molecular flexibility index (Phi) is 4.78. The summed E-state index contributed by atoms with van der Waals surface area (Å²) in [5.41, 5.74) is -0.106. The van der Waals surface area contributed by atoms with Crippen LogP contribution in [0.25, 0.3) is 0 Å². The fourth-order valence-electron chi connectivity index (χ4n) is 3.54. The van der Waals surface area contributed by atoms with Crippen molar-refractivity contribution in [3.63, 3.8) is 0 Å². The normalized spacial score (nSPS) is 28.9. The molecule has 1 saturated carbocycles. The Morgan fingerprint density at radius 1 is 1.42 bits per heavy atom. The van der Waals surface area contributed by atoms with Crippen LogP contribution in [-0.4, -0.2) is 48.7 Å². The molecule has 3 atom stereocenters. The van der Waals surface area contributed by atoms with Gasteiger partial charge in [-0.2, -0.15) is 0 Å². The first-order valence-electron chi connectivity index (χ1n) is 7.84. The molecule has 1 saturated heterocycles. The van der Waals surface area contributed by atoms with Crippen LogP contribution in [0.3, 0.4) is 0 Å². The molecule has 0 spiro atoms. The number of amides is 1. The van der Waals surface area contributed by atoms with Crippen LogP contribution in [0.4, 0.5) is 0 Å². The largest absolute Gasteiger partial charge is 0.481 e. The molecule has 24 heavy (non-hydrogen) atoms. The van der Waals surface area contributed by atoms with E-state index in [0.717, 1.165) is 12.0 Å². The Morgan fingerprint density at radius 2 is 2.17 bits per heavy atom. The molecule has 7 heteroatoms. The van der Waals surface area contributed by atoms with Gasteiger partial charge in [-0.15, -0.1) is 0 Å². The van der Waals surface area contributed by atoms with Gasteiger partial charge in [0.1, 0.15) is 5.41 Å². The standard InChI is InChI=1S/C17H19Cl2NO4/c1-24-9-17(16(22)23)5-6-20(8-17)15(21)12-7-11(12)10-3-2-4-13(18)14(10)19/h2-4,11-12H,5-9H2,1H3,(H,22,23). The third-order valence-corrected chi connectivity index (χ3v) is 5.86. The van der Waals surface area contributed by atoms with Crippen LogP contribution in [0.15, 0.2) is 18.2 Å². The first kappa shape index (κ1) is 17.5. The lowest BCUT2D eigenvalue weighted by atomic mass is 9.88. The van der Waals surface area contributed by atoms with E-state index in [1.165, 1.54) is 7.11 Å². The van der Waals surface area contributed by atoms with Crippen molar-refractivity contribution in [1.82, 2.24) is 4.90 Å². The van der Waals surface area contributed by atoms with Crippen LogP contribution in [0.5, 0.6) is 0 Å². The minimum atomic E-state index is -0.998. The average Bonchev–Trinajstić information content (AvgIpc) is 3.21. The summed E-state index contributed by atoms with van der Waals surface area (Å²) in [6.07, 6.45) is 1.14. The SMILES string of the molecule is COCC1(C(=O)O)CCN(C(=O)C2CC2c2cccc(Cl)c2Cl)C1. The molecule has 1 aromatic carbocycles. The zero-order valence-corrected chi connectivity index (χ0v) is 14.8. The summed E-state index contributed by atoms with van der Waals surface area (Å²) in [7, 11) is 1.48. The molecular weight excluding hydrogens is 353 g/mol. The number of rotatable bonds is 5. The quantitative estimate of drug-likeness (QED) is 0.863. The van der Waals surface area contributed by atoms with Crippen LogP contribution in [-0.2, 0) is 14.3 Å². The number of carbonyl (C=O) groups is 2. The highest BCUT2D eigenvalue weighted by molar-refractivity contribution is 6.42. The van der Waals surface area contributed by atoms with Crippen LogP contribution >= 0.6 is 23.2 Å². The van der Waals surface area contributed by atoms with E-state index in [2.05, 4.69) is 0 Å². The first-order chi connectivity index (χ1) is 11.4. The molecule has 3 rings (SSSR count). The molecule has 1 aromatic rings. The predicted molar refractivity (Wildman–Crippen MR) is 90.5 cm³/mol. The molecule has 0 aromatic heterocycles. The van der Waals surface area contributed by atoms with Crippen molar-refractivity contribution in [2.24, 2.45) is 11.3 Å². The maximum atomic E-state index is 12.7. The Bertz CT molecular complexity index is 681. The summed E-state index contributed by atoms with van der Waals surface area (Å²) in [6.45, 7) is 0.753. The summed E-state index contributed by atoms with van der Waals surface area (Å²) in [5, 5.41) is 10.5. The number of methoxy groups -OCH3 is 1. The molecule has 1 N–H and O–H groups in total. The molecule has 0 radical (unpaired) electrons. The van der Waals surface area contributed by atoms with Gasteiger partial charge in [0.2, 0.25) is 5.91 Å². The highest BCUT2D eigenvalue weighted by atomic mass is 35.5. The highest BCUT2D eigenvalue weighted by Crippen LogP contribution is 2.52. The van der Waals surface area contributed by atoms with E-state index in [4.69, 9.17) is 27.9 Å². The van der Waals surface area contributed by atoms with E-state index in [1.54, 1.807) is 11.0 Å². The summed E-state index contributed by atoms with van der Waals surface area (Å²) in [6, 6.07) is 5.44. The van der Waals surface area contributed by atoms with E-state index in [-0.39, 0.29) is 30.9 Å². The third kappa shape index (κ3) is 3.01.